The van der Waals surface area contributed by atoms with Crippen molar-refractivity contribution >= 4 is 75.9 Å². The van der Waals surface area contributed by atoms with Crippen molar-refractivity contribution in [2.75, 3.05) is 7.11 Å². The number of aliphatic imine (C=N–C) groups is 1. The summed E-state index contributed by atoms with van der Waals surface area (Å²) in [7, 11) is 1.48. The van der Waals surface area contributed by atoms with Crippen LogP contribution >= 0.6 is 58.0 Å². The molecule has 0 saturated carbocycles. The van der Waals surface area contributed by atoms with E-state index in [0.717, 1.165) is 5.56 Å². The van der Waals surface area contributed by atoms with Crippen LogP contribution in [0.25, 0.3) is 6.08 Å². The van der Waals surface area contributed by atoms with Crippen molar-refractivity contribution in [3.05, 3.63) is 96.0 Å². The fourth-order valence-corrected chi connectivity index (χ4v) is 4.18. The first-order chi connectivity index (χ1) is 16.2. The maximum Gasteiger partial charge on any atom is 0.363 e. The number of halogens is 5. The van der Waals surface area contributed by atoms with Crippen LogP contribution in [-0.2, 0) is 16.1 Å². The van der Waals surface area contributed by atoms with E-state index >= 15 is 0 Å². The van der Waals surface area contributed by atoms with Crippen LogP contribution in [0.5, 0.6) is 11.5 Å². The number of methoxy groups -OCH3 is 1. The van der Waals surface area contributed by atoms with Gasteiger partial charge < -0.3 is 14.2 Å². The molecule has 1 aliphatic rings. The molecule has 1 heterocycles. The van der Waals surface area contributed by atoms with Crippen molar-refractivity contribution in [3.8, 4) is 11.5 Å². The van der Waals surface area contributed by atoms with Gasteiger partial charge in [-0.15, -0.1) is 0 Å². The van der Waals surface area contributed by atoms with Gasteiger partial charge in [-0.2, -0.15) is 0 Å². The fourth-order valence-electron chi connectivity index (χ4n) is 3.09. The van der Waals surface area contributed by atoms with Crippen molar-refractivity contribution in [1.82, 2.24) is 0 Å². The zero-order valence-electron chi connectivity index (χ0n) is 17.4. The third-order valence-corrected chi connectivity index (χ3v) is 6.27. The molecule has 4 rings (SSSR count). The van der Waals surface area contributed by atoms with Crippen LogP contribution in [-0.4, -0.2) is 19.0 Å². The number of nitrogens with zero attached hydrogens (tertiary/aromatic N) is 1. The van der Waals surface area contributed by atoms with Crippen molar-refractivity contribution in [2.24, 2.45) is 4.99 Å². The van der Waals surface area contributed by atoms with E-state index in [0.29, 0.717) is 42.7 Å². The zero-order chi connectivity index (χ0) is 24.4. The summed E-state index contributed by atoms with van der Waals surface area (Å²) in [6.45, 7) is 0.190. The Balaban J connectivity index is 1.60. The van der Waals surface area contributed by atoms with Crippen LogP contribution in [0.4, 0.5) is 0 Å². The molecule has 0 unspecified atom stereocenters. The summed E-state index contributed by atoms with van der Waals surface area (Å²) in [6.07, 6.45) is 1.52. The van der Waals surface area contributed by atoms with Crippen molar-refractivity contribution in [3.63, 3.8) is 0 Å². The lowest BCUT2D eigenvalue weighted by atomic mass is 10.1. The smallest absolute Gasteiger partial charge is 0.363 e. The second kappa shape index (κ2) is 10.5. The summed E-state index contributed by atoms with van der Waals surface area (Å²) >= 11 is 30.6. The van der Waals surface area contributed by atoms with Crippen LogP contribution in [0, 0.1) is 0 Å². The van der Waals surface area contributed by atoms with Crippen LogP contribution in [0.2, 0.25) is 25.1 Å². The lowest BCUT2D eigenvalue weighted by Crippen LogP contribution is -2.05. The van der Waals surface area contributed by atoms with Crippen LogP contribution < -0.4 is 9.47 Å². The van der Waals surface area contributed by atoms with E-state index in [1.165, 1.54) is 19.3 Å². The minimum Gasteiger partial charge on any atom is -0.493 e. The second-order valence-corrected chi connectivity index (χ2v) is 9.10. The molecule has 0 atom stereocenters. The number of esters is 1. The average molecular weight is 558 g/mol. The average Bonchev–Trinajstić information content (AvgIpc) is 3.14. The highest BCUT2D eigenvalue weighted by atomic mass is 35.5. The number of carbonyl (C=O) groups excluding carboxylic acids is 1. The van der Waals surface area contributed by atoms with Gasteiger partial charge in [-0.25, -0.2) is 9.79 Å². The van der Waals surface area contributed by atoms with E-state index in [4.69, 9.17) is 72.2 Å². The maximum absolute atomic E-state index is 12.4. The van der Waals surface area contributed by atoms with Crippen LogP contribution in [0.1, 0.15) is 16.7 Å². The molecule has 0 aromatic heterocycles. The Morgan fingerprint density at radius 3 is 2.41 bits per heavy atom. The van der Waals surface area contributed by atoms with Crippen molar-refractivity contribution in [2.45, 2.75) is 6.61 Å². The Bertz CT molecular complexity index is 1350. The second-order valence-electron chi connectivity index (χ2n) is 7.03. The van der Waals surface area contributed by atoms with Gasteiger partial charge in [0.2, 0.25) is 5.90 Å². The Labute approximate surface area is 220 Å². The van der Waals surface area contributed by atoms with Gasteiger partial charge in [0.05, 0.1) is 32.8 Å². The van der Waals surface area contributed by atoms with E-state index in [9.17, 15) is 4.79 Å². The molecule has 0 amide bonds. The number of hydrogen-bond donors (Lipinski definition) is 0. The fraction of sp³-hybridized carbons (Fsp3) is 0.0833. The van der Waals surface area contributed by atoms with E-state index in [2.05, 4.69) is 4.99 Å². The molecule has 0 N–H and O–H groups in total. The number of hydrogen-bond acceptors (Lipinski definition) is 5. The molecule has 1 aliphatic heterocycles. The lowest BCUT2D eigenvalue weighted by Gasteiger charge is -2.14. The third kappa shape index (κ3) is 5.45. The van der Waals surface area contributed by atoms with Gasteiger partial charge in [-0.1, -0.05) is 64.1 Å². The molecule has 0 aliphatic carbocycles. The van der Waals surface area contributed by atoms with Gasteiger partial charge in [0.25, 0.3) is 0 Å². The number of cyclic esters (lactones) is 1. The highest BCUT2D eigenvalue weighted by Crippen LogP contribution is 2.38. The summed E-state index contributed by atoms with van der Waals surface area (Å²) < 4.78 is 16.6. The lowest BCUT2D eigenvalue weighted by molar-refractivity contribution is -0.129. The highest BCUT2D eigenvalue weighted by Gasteiger charge is 2.26. The molecule has 0 fully saturated rings. The minimum atomic E-state index is -0.629. The monoisotopic (exact) mass is 555 g/mol. The molecular formula is C24H14Cl5NO4. The molecule has 34 heavy (non-hydrogen) atoms. The summed E-state index contributed by atoms with van der Waals surface area (Å²) in [5.41, 5.74) is 1.88. The molecule has 5 nitrogen and oxygen atoms in total. The van der Waals surface area contributed by atoms with Crippen molar-refractivity contribution in [1.29, 1.82) is 0 Å². The zero-order valence-corrected chi connectivity index (χ0v) is 21.2. The van der Waals surface area contributed by atoms with Gasteiger partial charge in [0.1, 0.15) is 6.61 Å². The van der Waals surface area contributed by atoms with E-state index in [1.54, 1.807) is 42.5 Å². The van der Waals surface area contributed by atoms with Crippen LogP contribution in [0.15, 0.2) is 59.2 Å². The highest BCUT2D eigenvalue weighted by molar-refractivity contribution is 6.42. The number of rotatable bonds is 6. The van der Waals surface area contributed by atoms with E-state index in [-0.39, 0.29) is 23.2 Å². The van der Waals surface area contributed by atoms with Gasteiger partial charge in [-0.05, 0) is 59.7 Å². The summed E-state index contributed by atoms with van der Waals surface area (Å²) in [5, 5.41) is 1.92. The molecule has 10 heteroatoms. The molecule has 0 radical (unpaired) electrons. The molecule has 0 spiro atoms. The van der Waals surface area contributed by atoms with E-state index < -0.39 is 5.97 Å². The summed E-state index contributed by atoms with van der Waals surface area (Å²) in [4.78, 5) is 16.6. The standard InChI is InChI=1S/C24H14Cl5NO4/c1-32-21-9-13(7-19(29)22(21)33-11-12-2-5-16(26)18(28)6-12)8-20-24(31)34-23(30-20)15-4-3-14(25)10-17(15)27/h2-10H,11H2,1H3/b20-8-. The van der Waals surface area contributed by atoms with Gasteiger partial charge >= 0.3 is 5.97 Å². The predicted molar refractivity (Wildman–Crippen MR) is 136 cm³/mol. The van der Waals surface area contributed by atoms with Crippen LogP contribution in [0.3, 0.4) is 0 Å². The summed E-state index contributed by atoms with van der Waals surface area (Å²) in [6, 6.07) is 13.3. The van der Waals surface area contributed by atoms with Crippen molar-refractivity contribution < 1.29 is 19.0 Å². The molecule has 174 valence electrons. The Hall–Kier alpha value is -2.41. The first-order valence-corrected chi connectivity index (χ1v) is 11.6. The number of ether oxygens (including phenoxy) is 3. The van der Waals surface area contributed by atoms with Gasteiger partial charge in [0, 0.05) is 5.02 Å². The topological polar surface area (TPSA) is 57.1 Å². The van der Waals surface area contributed by atoms with E-state index in [1.807, 2.05) is 0 Å². The Morgan fingerprint density at radius 1 is 0.912 bits per heavy atom. The number of carbonyl (C=O) groups is 1. The first-order valence-electron chi connectivity index (χ1n) is 9.67. The predicted octanol–water partition coefficient (Wildman–Crippen LogP) is 7.89. The Kier molecular flexibility index (Phi) is 7.60. The maximum atomic E-state index is 12.4. The Morgan fingerprint density at radius 2 is 1.71 bits per heavy atom. The largest absolute Gasteiger partial charge is 0.493 e. The SMILES string of the molecule is COc1cc(/C=C2\N=C(c3ccc(Cl)cc3Cl)OC2=O)cc(Cl)c1OCc1ccc(Cl)c(Cl)c1. The molecule has 0 saturated heterocycles. The minimum absolute atomic E-state index is 0.0728. The normalized spacial score (nSPS) is 14.2. The molecule has 3 aromatic carbocycles. The first kappa shape index (κ1) is 24.7. The summed E-state index contributed by atoms with van der Waals surface area (Å²) in [5.74, 6) is 0.160. The molecule has 0 bridgehead atoms. The van der Waals surface area contributed by atoms with Gasteiger partial charge in [-0.3, -0.25) is 0 Å². The number of benzene rings is 3. The quantitative estimate of drug-likeness (QED) is 0.229. The molecular weight excluding hydrogens is 544 g/mol. The molecule has 3 aromatic rings. The third-order valence-electron chi connectivity index (χ3n) is 4.70. The van der Waals surface area contributed by atoms with Gasteiger partial charge in [0.15, 0.2) is 17.2 Å².